The molecule has 13 heavy (non-hydrogen) atoms. The van der Waals surface area contributed by atoms with E-state index in [9.17, 15) is 0 Å². The second-order valence-electron chi connectivity index (χ2n) is 3.39. The number of hydrogen-bond donors (Lipinski definition) is 0. The van der Waals surface area contributed by atoms with Gasteiger partial charge in [-0.3, -0.25) is 0 Å². The van der Waals surface area contributed by atoms with Crippen LogP contribution in [0.5, 0.6) is 0 Å². The molecular weight excluding hydrogens is 160 g/mol. The van der Waals surface area contributed by atoms with Crippen molar-refractivity contribution in [1.29, 1.82) is 0 Å². The molecule has 0 aliphatic rings. The predicted molar refractivity (Wildman–Crippen MR) is 57.6 cm³/mol. The van der Waals surface area contributed by atoms with Gasteiger partial charge in [0, 0.05) is 14.1 Å². The molecule has 0 saturated heterocycles. The van der Waals surface area contributed by atoms with Crippen LogP contribution in [-0.2, 0) is 0 Å². The minimum absolute atomic E-state index is 1.02. The summed E-state index contributed by atoms with van der Waals surface area (Å²) in [5.74, 6) is 1.02. The molecule has 0 aromatic heterocycles. The molecule has 1 aromatic carbocycles. The van der Waals surface area contributed by atoms with E-state index >= 15 is 0 Å². The average Bonchev–Trinajstić information content (AvgIpc) is 2.04. The summed E-state index contributed by atoms with van der Waals surface area (Å²) in [5.41, 5.74) is 2.26. The summed E-state index contributed by atoms with van der Waals surface area (Å²) < 4.78 is 0. The van der Waals surface area contributed by atoms with E-state index in [1.165, 1.54) is 5.56 Å². The lowest BCUT2D eigenvalue weighted by atomic mass is 10.2. The molecule has 1 aromatic rings. The van der Waals surface area contributed by atoms with E-state index in [-0.39, 0.29) is 0 Å². The first-order valence-corrected chi connectivity index (χ1v) is 4.39. The zero-order chi connectivity index (χ0) is 9.84. The molecule has 1 rings (SSSR count). The van der Waals surface area contributed by atoms with Crippen molar-refractivity contribution in [2.75, 3.05) is 14.1 Å². The Hall–Kier alpha value is -1.31. The number of hydrogen-bond acceptors (Lipinski definition) is 1. The third-order valence-corrected chi connectivity index (χ3v) is 1.94. The first-order chi connectivity index (χ1) is 6.09. The summed E-state index contributed by atoms with van der Waals surface area (Å²) in [6.07, 6.45) is 0. The molecule has 70 valence electrons. The fraction of sp³-hybridized carbons (Fsp3) is 0.364. The van der Waals surface area contributed by atoms with Gasteiger partial charge >= 0.3 is 0 Å². The van der Waals surface area contributed by atoms with Gasteiger partial charge in [-0.25, -0.2) is 4.99 Å². The summed E-state index contributed by atoms with van der Waals surface area (Å²) in [6.45, 7) is 4.08. The molecule has 0 aliphatic heterocycles. The number of nitrogens with zero attached hydrogens (tertiary/aromatic N) is 2. The number of benzene rings is 1. The van der Waals surface area contributed by atoms with E-state index < -0.39 is 0 Å². The van der Waals surface area contributed by atoms with Crippen molar-refractivity contribution in [3.8, 4) is 0 Å². The number of aryl methyl sites for hydroxylation is 1. The van der Waals surface area contributed by atoms with Crippen LogP contribution in [-0.4, -0.2) is 24.8 Å². The van der Waals surface area contributed by atoms with E-state index in [1.54, 1.807) is 0 Å². The van der Waals surface area contributed by atoms with E-state index in [0.717, 1.165) is 11.5 Å². The van der Waals surface area contributed by atoms with Gasteiger partial charge in [-0.05, 0) is 31.5 Å². The van der Waals surface area contributed by atoms with Crippen molar-refractivity contribution in [2.24, 2.45) is 4.99 Å². The summed E-state index contributed by atoms with van der Waals surface area (Å²) in [6, 6.07) is 8.19. The van der Waals surface area contributed by atoms with Crippen LogP contribution in [0.3, 0.4) is 0 Å². The quantitative estimate of drug-likeness (QED) is 0.474. The van der Waals surface area contributed by atoms with Crippen LogP contribution in [0.1, 0.15) is 12.5 Å². The average molecular weight is 176 g/mol. The van der Waals surface area contributed by atoms with E-state index in [0.29, 0.717) is 0 Å². The van der Waals surface area contributed by atoms with E-state index in [4.69, 9.17) is 0 Å². The smallest absolute Gasteiger partial charge is 0.101 e. The molecule has 0 fully saturated rings. The fourth-order valence-corrected chi connectivity index (χ4v) is 0.984. The highest BCUT2D eigenvalue weighted by Crippen LogP contribution is 2.13. The van der Waals surface area contributed by atoms with Gasteiger partial charge < -0.3 is 4.90 Å². The Bertz CT molecular complexity index is 314. The van der Waals surface area contributed by atoms with Gasteiger partial charge in [-0.1, -0.05) is 12.1 Å². The molecule has 0 aliphatic carbocycles. The molecule has 0 heterocycles. The largest absolute Gasteiger partial charge is 0.366 e. The molecule has 2 heteroatoms. The highest BCUT2D eigenvalue weighted by atomic mass is 15.1. The van der Waals surface area contributed by atoms with Crippen LogP contribution < -0.4 is 0 Å². The van der Waals surface area contributed by atoms with Gasteiger partial charge in [0.25, 0.3) is 0 Å². The Kier molecular flexibility index (Phi) is 3.07. The summed E-state index contributed by atoms with van der Waals surface area (Å²) in [4.78, 5) is 6.46. The molecule has 0 N–H and O–H groups in total. The molecule has 2 nitrogen and oxygen atoms in total. The molecule has 0 saturated carbocycles. The lowest BCUT2D eigenvalue weighted by Crippen LogP contribution is -2.17. The normalized spacial score (nSPS) is 11.5. The SMILES string of the molecule is CC(=Nc1cccc(C)c1)N(C)C. The lowest BCUT2D eigenvalue weighted by Gasteiger charge is -2.10. The maximum Gasteiger partial charge on any atom is 0.101 e. The van der Waals surface area contributed by atoms with Crippen molar-refractivity contribution >= 4 is 11.5 Å². The van der Waals surface area contributed by atoms with E-state index in [2.05, 4.69) is 24.0 Å². The van der Waals surface area contributed by atoms with E-state index in [1.807, 2.05) is 38.1 Å². The van der Waals surface area contributed by atoms with Gasteiger partial charge in [-0.15, -0.1) is 0 Å². The summed E-state index contributed by atoms with van der Waals surface area (Å²) >= 11 is 0. The van der Waals surface area contributed by atoms with Gasteiger partial charge in [0.2, 0.25) is 0 Å². The molecule has 0 spiro atoms. The van der Waals surface area contributed by atoms with Crippen molar-refractivity contribution in [3.05, 3.63) is 29.8 Å². The Morgan fingerprint density at radius 2 is 2.00 bits per heavy atom. The molecule has 0 amide bonds. The second-order valence-corrected chi connectivity index (χ2v) is 3.39. The Morgan fingerprint density at radius 1 is 1.31 bits per heavy atom. The first-order valence-electron chi connectivity index (χ1n) is 4.39. The molecule has 0 atom stereocenters. The van der Waals surface area contributed by atoms with Crippen LogP contribution >= 0.6 is 0 Å². The van der Waals surface area contributed by atoms with Crippen molar-refractivity contribution in [1.82, 2.24) is 4.90 Å². The lowest BCUT2D eigenvalue weighted by molar-refractivity contribution is 0.619. The van der Waals surface area contributed by atoms with Crippen molar-refractivity contribution < 1.29 is 0 Å². The number of aliphatic imine (C=N–C) groups is 1. The van der Waals surface area contributed by atoms with Crippen LogP contribution in [0.4, 0.5) is 5.69 Å². The van der Waals surface area contributed by atoms with Crippen LogP contribution in [0, 0.1) is 6.92 Å². The minimum atomic E-state index is 1.02. The second kappa shape index (κ2) is 4.08. The highest BCUT2D eigenvalue weighted by molar-refractivity contribution is 5.82. The van der Waals surface area contributed by atoms with Gasteiger partial charge in [0.05, 0.1) is 5.69 Å². The maximum absolute atomic E-state index is 4.46. The zero-order valence-electron chi connectivity index (χ0n) is 8.70. The summed E-state index contributed by atoms with van der Waals surface area (Å²) in [7, 11) is 3.99. The number of rotatable bonds is 1. The van der Waals surface area contributed by atoms with Gasteiger partial charge in [0.1, 0.15) is 5.84 Å². The Labute approximate surface area is 79.9 Å². The molecule has 0 bridgehead atoms. The third kappa shape index (κ3) is 2.90. The standard InChI is InChI=1S/C11H16N2/c1-9-6-5-7-11(8-9)12-10(2)13(3)4/h5-8H,1-4H3. The monoisotopic (exact) mass is 176 g/mol. The molecular formula is C11H16N2. The topological polar surface area (TPSA) is 15.6 Å². The van der Waals surface area contributed by atoms with Crippen molar-refractivity contribution in [2.45, 2.75) is 13.8 Å². The van der Waals surface area contributed by atoms with Crippen LogP contribution in [0.15, 0.2) is 29.3 Å². The van der Waals surface area contributed by atoms with Gasteiger partial charge in [-0.2, -0.15) is 0 Å². The van der Waals surface area contributed by atoms with Crippen molar-refractivity contribution in [3.63, 3.8) is 0 Å². The molecule has 0 unspecified atom stereocenters. The Balaban J connectivity index is 2.91. The first kappa shape index (κ1) is 9.78. The third-order valence-electron chi connectivity index (χ3n) is 1.94. The maximum atomic E-state index is 4.46. The fourth-order valence-electron chi connectivity index (χ4n) is 0.984. The van der Waals surface area contributed by atoms with Crippen LogP contribution in [0.25, 0.3) is 0 Å². The van der Waals surface area contributed by atoms with Crippen LogP contribution in [0.2, 0.25) is 0 Å². The van der Waals surface area contributed by atoms with Gasteiger partial charge in [0.15, 0.2) is 0 Å². The minimum Gasteiger partial charge on any atom is -0.366 e. The Morgan fingerprint density at radius 3 is 2.54 bits per heavy atom. The highest BCUT2D eigenvalue weighted by Gasteiger charge is 1.94. The summed E-state index contributed by atoms with van der Waals surface area (Å²) in [5, 5.41) is 0. The number of amidine groups is 1. The molecule has 0 radical (unpaired) electrons. The predicted octanol–water partition coefficient (Wildman–Crippen LogP) is 2.61. The zero-order valence-corrected chi connectivity index (χ0v) is 8.70.